The third-order valence-corrected chi connectivity index (χ3v) is 5.65. The van der Waals surface area contributed by atoms with Crippen LogP contribution < -0.4 is 4.74 Å². The van der Waals surface area contributed by atoms with E-state index in [0.717, 1.165) is 47.5 Å². The van der Waals surface area contributed by atoms with Crippen LogP contribution in [0.4, 0.5) is 0 Å². The van der Waals surface area contributed by atoms with Gasteiger partial charge in [-0.25, -0.2) is 0 Å². The molecule has 0 unspecified atom stereocenters. The fraction of sp³-hybridized carbons (Fsp3) is 0.375. The van der Waals surface area contributed by atoms with Gasteiger partial charge in [-0.2, -0.15) is 5.10 Å². The van der Waals surface area contributed by atoms with Gasteiger partial charge >= 0.3 is 0 Å². The van der Waals surface area contributed by atoms with Crippen LogP contribution in [-0.2, 0) is 11.8 Å². The van der Waals surface area contributed by atoms with Crippen molar-refractivity contribution in [3.63, 3.8) is 0 Å². The van der Waals surface area contributed by atoms with Gasteiger partial charge in [-0.05, 0) is 61.2 Å². The van der Waals surface area contributed by atoms with E-state index < -0.39 is 0 Å². The molecule has 4 rings (SSSR count). The number of aromatic nitrogens is 3. The average molecular weight is 421 g/mol. The van der Waals surface area contributed by atoms with Crippen LogP contribution in [0.3, 0.4) is 0 Å². The lowest BCUT2D eigenvalue weighted by Gasteiger charge is -2.25. The van der Waals surface area contributed by atoms with Crippen LogP contribution in [0.1, 0.15) is 40.5 Å². The highest BCUT2D eigenvalue weighted by Gasteiger charge is 2.34. The van der Waals surface area contributed by atoms with E-state index in [1.54, 1.807) is 13.3 Å². The maximum Gasteiger partial charge on any atom is 0.254 e. The summed E-state index contributed by atoms with van der Waals surface area (Å²) < 4.78 is 12.4. The summed E-state index contributed by atoms with van der Waals surface area (Å²) in [7, 11) is 3.56. The highest BCUT2D eigenvalue weighted by molar-refractivity contribution is 5.95. The Bertz CT molecular complexity index is 1050. The van der Waals surface area contributed by atoms with E-state index in [-0.39, 0.29) is 11.9 Å². The molecule has 3 aromatic rings. The first-order valence-electron chi connectivity index (χ1n) is 10.6. The van der Waals surface area contributed by atoms with Crippen LogP contribution in [0.15, 0.2) is 48.9 Å². The van der Waals surface area contributed by atoms with E-state index in [1.165, 1.54) is 0 Å². The van der Waals surface area contributed by atoms with Crippen LogP contribution >= 0.6 is 0 Å². The van der Waals surface area contributed by atoms with Crippen molar-refractivity contribution in [2.24, 2.45) is 7.05 Å². The Balaban J connectivity index is 1.58. The first-order chi connectivity index (χ1) is 15.1. The summed E-state index contributed by atoms with van der Waals surface area (Å²) >= 11 is 0. The van der Waals surface area contributed by atoms with E-state index in [1.807, 2.05) is 66.3 Å². The molecule has 0 spiro atoms. The quantitative estimate of drug-likeness (QED) is 0.544. The summed E-state index contributed by atoms with van der Waals surface area (Å²) in [5, 5.41) is 4.76. The normalized spacial score (nSPS) is 16.0. The lowest BCUT2D eigenvalue weighted by molar-refractivity contribution is 0.0733. The van der Waals surface area contributed by atoms with Crippen molar-refractivity contribution in [2.75, 3.05) is 26.9 Å². The lowest BCUT2D eigenvalue weighted by Crippen LogP contribution is -2.31. The van der Waals surface area contributed by atoms with Crippen molar-refractivity contribution < 1.29 is 14.3 Å². The van der Waals surface area contributed by atoms with E-state index in [9.17, 15) is 4.79 Å². The zero-order chi connectivity index (χ0) is 21.8. The smallest absolute Gasteiger partial charge is 0.254 e. The molecule has 1 saturated heterocycles. The van der Waals surface area contributed by atoms with Crippen molar-refractivity contribution in [3.05, 3.63) is 65.7 Å². The summed E-state index contributed by atoms with van der Waals surface area (Å²) in [6.45, 7) is 3.78. The molecule has 31 heavy (non-hydrogen) atoms. The number of likely N-dealkylation sites (tertiary alicyclic amines) is 1. The van der Waals surface area contributed by atoms with Gasteiger partial charge in [-0.3, -0.25) is 14.5 Å². The monoisotopic (exact) mass is 420 g/mol. The van der Waals surface area contributed by atoms with Gasteiger partial charge in [0.25, 0.3) is 5.91 Å². The molecule has 1 atom stereocenters. The average Bonchev–Trinajstić information content (AvgIpc) is 3.41. The number of ether oxygens (including phenoxy) is 2. The fourth-order valence-electron chi connectivity index (χ4n) is 4.13. The van der Waals surface area contributed by atoms with Gasteiger partial charge in [0, 0.05) is 50.4 Å². The second-order valence-electron chi connectivity index (χ2n) is 7.81. The number of rotatable bonds is 7. The van der Waals surface area contributed by atoms with Crippen molar-refractivity contribution in [3.8, 4) is 16.9 Å². The second kappa shape index (κ2) is 9.31. The largest absolute Gasteiger partial charge is 0.491 e. The maximum atomic E-state index is 13.3. The molecule has 0 radical (unpaired) electrons. The third-order valence-electron chi connectivity index (χ3n) is 5.65. The molecule has 1 aromatic carbocycles. The molecule has 1 amide bonds. The third kappa shape index (κ3) is 4.46. The van der Waals surface area contributed by atoms with Gasteiger partial charge in [0.15, 0.2) is 0 Å². The molecule has 2 aromatic heterocycles. The lowest BCUT2D eigenvalue weighted by atomic mass is 9.98. The molecule has 1 aliphatic heterocycles. The van der Waals surface area contributed by atoms with E-state index in [2.05, 4.69) is 4.98 Å². The standard InChI is InChI=1S/C24H28N4O3/c1-17-15-25-11-10-20(17)21-16-27(2)26-23(21)22-5-4-12-28(22)24(29)18-6-8-19(9-7-18)31-14-13-30-3/h6-11,15-16,22H,4-5,12-14H2,1-3H3/t22-/m1/s1. The summed E-state index contributed by atoms with van der Waals surface area (Å²) in [6, 6.07) is 9.28. The molecule has 162 valence electrons. The Morgan fingerprint density at radius 2 is 1.97 bits per heavy atom. The molecule has 0 saturated carbocycles. The van der Waals surface area contributed by atoms with Crippen LogP contribution in [-0.4, -0.2) is 52.4 Å². The van der Waals surface area contributed by atoms with Gasteiger partial charge in [0.05, 0.1) is 18.3 Å². The molecule has 3 heterocycles. The number of benzene rings is 1. The summed E-state index contributed by atoms with van der Waals surface area (Å²) in [5.74, 6) is 0.751. The topological polar surface area (TPSA) is 69.5 Å². The van der Waals surface area contributed by atoms with E-state index >= 15 is 0 Å². The first-order valence-corrected chi connectivity index (χ1v) is 10.6. The predicted octanol–water partition coefficient (Wildman–Crippen LogP) is 3.79. The Morgan fingerprint density at radius 1 is 1.16 bits per heavy atom. The second-order valence-corrected chi connectivity index (χ2v) is 7.81. The van der Waals surface area contributed by atoms with Crippen molar-refractivity contribution in [2.45, 2.75) is 25.8 Å². The number of carbonyl (C=O) groups is 1. The molecule has 0 N–H and O–H groups in total. The van der Waals surface area contributed by atoms with Gasteiger partial charge < -0.3 is 14.4 Å². The van der Waals surface area contributed by atoms with Gasteiger partial charge in [0.1, 0.15) is 12.4 Å². The van der Waals surface area contributed by atoms with Crippen LogP contribution in [0, 0.1) is 6.92 Å². The van der Waals surface area contributed by atoms with Crippen LogP contribution in [0.5, 0.6) is 5.75 Å². The number of carbonyl (C=O) groups excluding carboxylic acids is 1. The molecule has 0 bridgehead atoms. The number of amides is 1. The minimum absolute atomic E-state index is 0.0222. The number of nitrogens with zero attached hydrogens (tertiary/aromatic N) is 4. The fourth-order valence-corrected chi connectivity index (χ4v) is 4.13. The van der Waals surface area contributed by atoms with E-state index in [0.29, 0.717) is 18.8 Å². The van der Waals surface area contributed by atoms with Crippen LogP contribution in [0.2, 0.25) is 0 Å². The molecular weight excluding hydrogens is 392 g/mol. The Hall–Kier alpha value is -3.19. The van der Waals surface area contributed by atoms with Crippen molar-refractivity contribution in [1.29, 1.82) is 0 Å². The van der Waals surface area contributed by atoms with Gasteiger partial charge in [-0.15, -0.1) is 0 Å². The highest BCUT2D eigenvalue weighted by atomic mass is 16.5. The number of hydrogen-bond acceptors (Lipinski definition) is 5. The summed E-state index contributed by atoms with van der Waals surface area (Å²) in [5.41, 5.74) is 4.87. The van der Waals surface area contributed by atoms with Crippen molar-refractivity contribution in [1.82, 2.24) is 19.7 Å². The van der Waals surface area contributed by atoms with Gasteiger partial charge in [-0.1, -0.05) is 0 Å². The molecule has 0 aliphatic carbocycles. The Morgan fingerprint density at radius 3 is 2.71 bits per heavy atom. The maximum absolute atomic E-state index is 13.3. The van der Waals surface area contributed by atoms with Gasteiger partial charge in [0.2, 0.25) is 0 Å². The van der Waals surface area contributed by atoms with Crippen molar-refractivity contribution >= 4 is 5.91 Å². The zero-order valence-electron chi connectivity index (χ0n) is 18.2. The van der Waals surface area contributed by atoms with Crippen LogP contribution in [0.25, 0.3) is 11.1 Å². The SMILES string of the molecule is COCCOc1ccc(C(=O)N2CCC[C@@H]2c2nn(C)cc2-c2ccncc2C)cc1. The number of hydrogen-bond donors (Lipinski definition) is 0. The van der Waals surface area contributed by atoms with E-state index in [4.69, 9.17) is 14.6 Å². The minimum Gasteiger partial charge on any atom is -0.491 e. The highest BCUT2D eigenvalue weighted by Crippen LogP contribution is 2.38. The Kier molecular flexibility index (Phi) is 6.32. The molecule has 1 aliphatic rings. The zero-order valence-corrected chi connectivity index (χ0v) is 18.2. The number of aryl methyl sites for hydroxylation is 2. The molecule has 7 nitrogen and oxygen atoms in total. The summed E-state index contributed by atoms with van der Waals surface area (Å²) in [4.78, 5) is 19.5. The molecular formula is C24H28N4O3. The molecule has 7 heteroatoms. The first kappa shape index (κ1) is 21.1. The predicted molar refractivity (Wildman–Crippen MR) is 118 cm³/mol. The number of methoxy groups -OCH3 is 1. The minimum atomic E-state index is -0.0473. The number of pyridine rings is 1. The summed E-state index contributed by atoms with van der Waals surface area (Å²) in [6.07, 6.45) is 7.55. The molecule has 1 fully saturated rings. The Labute approximate surface area is 182 Å².